The minimum absolute atomic E-state index is 0.158. The Balaban J connectivity index is 1.37. The molecule has 0 fully saturated rings. The maximum Gasteiger partial charge on any atom is 0.208 e. The van der Waals surface area contributed by atoms with E-state index in [2.05, 4.69) is 63.7 Å². The van der Waals surface area contributed by atoms with Crippen LogP contribution in [-0.2, 0) is 0 Å². The number of hydrogen-bond donors (Lipinski definition) is 7. The number of nitrogens with one attached hydrogen (secondary N) is 2. The number of aromatic nitrogens is 1. The second-order valence-corrected chi connectivity index (χ2v) is 12.5. The van der Waals surface area contributed by atoms with Crippen molar-refractivity contribution in [2.45, 2.75) is 12.2 Å². The summed E-state index contributed by atoms with van der Waals surface area (Å²) in [6.45, 7) is 0. The van der Waals surface area contributed by atoms with Crippen LogP contribution in [0.4, 0.5) is 11.4 Å². The van der Waals surface area contributed by atoms with E-state index in [0.29, 0.717) is 5.69 Å². The van der Waals surface area contributed by atoms with Gasteiger partial charge in [0.25, 0.3) is 0 Å². The molecule has 1 aliphatic heterocycles. The van der Waals surface area contributed by atoms with Gasteiger partial charge in [-0.25, -0.2) is 0 Å². The van der Waals surface area contributed by atoms with Crippen LogP contribution in [0.5, 0.6) is 28.7 Å². The molecule has 0 spiro atoms. The van der Waals surface area contributed by atoms with Gasteiger partial charge in [-0.2, -0.15) is 0 Å². The van der Waals surface area contributed by atoms with E-state index in [1.165, 1.54) is 15.5 Å². The summed E-state index contributed by atoms with van der Waals surface area (Å²) >= 11 is 1.77. The first-order valence-corrected chi connectivity index (χ1v) is 15.3. The van der Waals surface area contributed by atoms with Gasteiger partial charge < -0.3 is 40.7 Å². The Kier molecular flexibility index (Phi) is 5.19. The fraction of sp³-hybridized carbons (Fsp3) is 0.0556. The number of hydrogen-bond acceptors (Lipinski definition) is 8. The molecule has 9 rings (SSSR count). The summed E-state index contributed by atoms with van der Waals surface area (Å²) in [7, 11) is 0. The van der Waals surface area contributed by atoms with Gasteiger partial charge in [0.15, 0.2) is 11.5 Å². The highest BCUT2D eigenvalue weighted by Gasteiger charge is 2.38. The van der Waals surface area contributed by atoms with Gasteiger partial charge in [0, 0.05) is 30.9 Å². The lowest BCUT2D eigenvalue weighted by molar-refractivity contribution is 0.318. The molecule has 0 radical (unpaired) electrons. The Morgan fingerprint density at radius 2 is 1.18 bits per heavy atom. The van der Waals surface area contributed by atoms with Crippen LogP contribution >= 0.6 is 11.3 Å². The largest absolute Gasteiger partial charge is 0.504 e. The van der Waals surface area contributed by atoms with Gasteiger partial charge in [-0.05, 0) is 41.1 Å². The van der Waals surface area contributed by atoms with Gasteiger partial charge in [0.05, 0.1) is 34.0 Å². The quantitative estimate of drug-likeness (QED) is 0.0770. The molecule has 8 aromatic rings. The summed E-state index contributed by atoms with van der Waals surface area (Å²) in [6, 6.07) is 31.9. The van der Waals surface area contributed by atoms with Crippen LogP contribution in [0.15, 0.2) is 97.1 Å². The monoisotopic (exact) mass is 611 g/mol. The fourth-order valence-corrected chi connectivity index (χ4v) is 8.22. The SMILES string of the molecule is Oc1c(O)c(O)c(C2Nc3ccccc3NC2n2c3ccccc3c3cc4sc5c6ccccc6ccc5c4cc32)c(O)c1O. The van der Waals surface area contributed by atoms with Crippen LogP contribution < -0.4 is 10.6 Å². The zero-order valence-corrected chi connectivity index (χ0v) is 24.3. The minimum Gasteiger partial charge on any atom is -0.504 e. The fourth-order valence-electron chi connectivity index (χ4n) is 6.96. The van der Waals surface area contributed by atoms with Gasteiger partial charge in [0.2, 0.25) is 17.2 Å². The Hall–Kier alpha value is -5.80. The molecule has 9 heteroatoms. The topological polar surface area (TPSA) is 130 Å². The zero-order chi connectivity index (χ0) is 30.6. The number of thiophene rings is 1. The first-order valence-electron chi connectivity index (χ1n) is 14.5. The molecule has 2 atom stereocenters. The van der Waals surface area contributed by atoms with Crippen molar-refractivity contribution in [3.63, 3.8) is 0 Å². The number of phenolic OH excluding ortho intramolecular Hbond substituents is 5. The molecular formula is C36H25N3O5S. The van der Waals surface area contributed by atoms with E-state index in [1.54, 1.807) is 11.3 Å². The summed E-state index contributed by atoms with van der Waals surface area (Å²) in [5.41, 5.74) is 3.17. The predicted molar refractivity (Wildman–Crippen MR) is 180 cm³/mol. The third-order valence-electron chi connectivity index (χ3n) is 9.05. The smallest absolute Gasteiger partial charge is 0.208 e. The summed E-state index contributed by atoms with van der Waals surface area (Å²) in [5.74, 6) is -4.29. The lowest BCUT2D eigenvalue weighted by Gasteiger charge is -2.38. The molecule has 8 nitrogen and oxygen atoms in total. The molecule has 1 aliphatic rings. The van der Waals surface area contributed by atoms with Crippen molar-refractivity contribution in [2.75, 3.05) is 10.6 Å². The van der Waals surface area contributed by atoms with E-state index in [-0.39, 0.29) is 5.56 Å². The number of rotatable bonds is 2. The highest BCUT2D eigenvalue weighted by atomic mass is 32.1. The summed E-state index contributed by atoms with van der Waals surface area (Å²) in [6.07, 6.45) is -0.675. The van der Waals surface area contributed by atoms with Gasteiger partial charge in [0.1, 0.15) is 6.17 Å². The number of benzene rings is 6. The highest BCUT2D eigenvalue weighted by molar-refractivity contribution is 7.26. The van der Waals surface area contributed by atoms with E-state index in [0.717, 1.165) is 43.0 Å². The molecule has 6 aromatic carbocycles. The number of fused-ring (bicyclic) bond motifs is 9. The van der Waals surface area contributed by atoms with Crippen LogP contribution in [0.3, 0.4) is 0 Å². The van der Waals surface area contributed by atoms with Crippen molar-refractivity contribution in [2.24, 2.45) is 0 Å². The summed E-state index contributed by atoms with van der Waals surface area (Å²) in [5, 5.41) is 67.1. The normalized spacial score (nSPS) is 16.4. The summed E-state index contributed by atoms with van der Waals surface area (Å²) in [4.78, 5) is 0. The molecule has 45 heavy (non-hydrogen) atoms. The molecule has 220 valence electrons. The zero-order valence-electron chi connectivity index (χ0n) is 23.5. The first-order chi connectivity index (χ1) is 21.9. The van der Waals surface area contributed by atoms with Crippen molar-refractivity contribution in [1.82, 2.24) is 4.57 Å². The Morgan fingerprint density at radius 3 is 1.96 bits per heavy atom. The van der Waals surface area contributed by atoms with Gasteiger partial charge >= 0.3 is 0 Å². The van der Waals surface area contributed by atoms with Crippen molar-refractivity contribution in [1.29, 1.82) is 0 Å². The van der Waals surface area contributed by atoms with Crippen LogP contribution in [0.2, 0.25) is 0 Å². The van der Waals surface area contributed by atoms with Crippen LogP contribution in [0, 0.1) is 0 Å². The number of aromatic hydroxyl groups is 5. The maximum atomic E-state index is 11.1. The molecule has 0 saturated heterocycles. The number of phenols is 5. The molecule has 7 N–H and O–H groups in total. The molecule has 3 heterocycles. The molecule has 0 aliphatic carbocycles. The lowest BCUT2D eigenvalue weighted by atomic mass is 9.96. The van der Waals surface area contributed by atoms with Gasteiger partial charge in [-0.15, -0.1) is 11.3 Å². The lowest BCUT2D eigenvalue weighted by Crippen LogP contribution is -2.34. The van der Waals surface area contributed by atoms with E-state index < -0.39 is 41.0 Å². The van der Waals surface area contributed by atoms with Crippen LogP contribution in [0.25, 0.3) is 52.8 Å². The van der Waals surface area contributed by atoms with Crippen molar-refractivity contribution < 1.29 is 25.5 Å². The second-order valence-electron chi connectivity index (χ2n) is 11.4. The molecule has 0 amide bonds. The highest BCUT2D eigenvalue weighted by Crippen LogP contribution is 2.56. The van der Waals surface area contributed by atoms with Crippen molar-refractivity contribution >= 4 is 75.5 Å². The number of para-hydroxylation sites is 3. The number of anilines is 2. The third kappa shape index (κ3) is 3.46. The Bertz CT molecular complexity index is 2510. The minimum atomic E-state index is -0.995. The first kappa shape index (κ1) is 25.7. The van der Waals surface area contributed by atoms with E-state index in [4.69, 9.17) is 0 Å². The van der Waals surface area contributed by atoms with E-state index in [1.807, 2.05) is 48.5 Å². The van der Waals surface area contributed by atoms with Crippen molar-refractivity contribution in [3.05, 3.63) is 103 Å². The maximum absolute atomic E-state index is 11.1. The average molecular weight is 612 g/mol. The van der Waals surface area contributed by atoms with E-state index in [9.17, 15) is 25.5 Å². The second kappa shape index (κ2) is 9.10. The predicted octanol–water partition coefficient (Wildman–Crippen LogP) is 8.62. The van der Waals surface area contributed by atoms with Gasteiger partial charge in [-0.3, -0.25) is 0 Å². The summed E-state index contributed by atoms with van der Waals surface area (Å²) < 4.78 is 4.51. The van der Waals surface area contributed by atoms with E-state index >= 15 is 0 Å². The average Bonchev–Trinajstić information content (AvgIpc) is 3.60. The van der Waals surface area contributed by atoms with Crippen LogP contribution in [-0.4, -0.2) is 30.1 Å². The standard InChI is InChI=1S/C36H25N3O5S/c40-30-28(31(41)33(43)34(44)32(30)42)29-36(38-24-11-5-4-10-23(24)37-29)39-25-12-6-3-9-19(25)21-16-27-22(15-26(21)39)20-14-13-17-7-1-2-8-18(17)35(20)45-27/h1-16,29,36-38,40-44H. The Labute approximate surface area is 259 Å². The van der Waals surface area contributed by atoms with Gasteiger partial charge in [-0.1, -0.05) is 66.7 Å². The molecular weight excluding hydrogens is 586 g/mol. The Morgan fingerprint density at radius 1 is 0.533 bits per heavy atom. The molecule has 2 unspecified atom stereocenters. The van der Waals surface area contributed by atoms with Crippen molar-refractivity contribution in [3.8, 4) is 28.7 Å². The number of nitrogens with zero attached hydrogens (tertiary/aromatic N) is 1. The third-order valence-corrected chi connectivity index (χ3v) is 10.2. The molecule has 0 bridgehead atoms. The van der Waals surface area contributed by atoms with Crippen LogP contribution in [0.1, 0.15) is 17.8 Å². The molecule has 0 saturated carbocycles. The molecule has 2 aromatic heterocycles.